The number of methoxy groups -OCH3 is 1. The van der Waals surface area contributed by atoms with Crippen LogP contribution in [0.1, 0.15) is 33.4 Å². The lowest BCUT2D eigenvalue weighted by Gasteiger charge is -2.13. The average Bonchev–Trinajstić information content (AvgIpc) is 2.76. The first-order valence-electron chi connectivity index (χ1n) is 10.2. The lowest BCUT2D eigenvalue weighted by Crippen LogP contribution is -2.18. The van der Waals surface area contributed by atoms with E-state index in [0.29, 0.717) is 23.7 Å². The summed E-state index contributed by atoms with van der Waals surface area (Å²) in [6.07, 6.45) is 1.43. The van der Waals surface area contributed by atoms with E-state index in [2.05, 4.69) is 28.1 Å². The number of ether oxygens (including phenoxy) is 2. The van der Waals surface area contributed by atoms with E-state index < -0.39 is 10.0 Å². The number of rotatable bonds is 8. The fraction of sp³-hybridized carbons (Fsp3) is 0.240. The molecule has 0 fully saturated rings. The van der Waals surface area contributed by atoms with Crippen LogP contribution in [0.15, 0.2) is 64.6 Å². The van der Waals surface area contributed by atoms with Crippen molar-refractivity contribution in [1.29, 1.82) is 0 Å². The molecule has 3 aromatic rings. The van der Waals surface area contributed by atoms with Crippen LogP contribution in [0.5, 0.6) is 11.5 Å². The zero-order chi connectivity index (χ0) is 23.3. The molecule has 3 rings (SSSR count). The molecule has 7 heteroatoms. The summed E-state index contributed by atoms with van der Waals surface area (Å²) in [5, 5.41) is 3.90. The van der Waals surface area contributed by atoms with E-state index in [1.54, 1.807) is 43.5 Å². The third-order valence-corrected chi connectivity index (χ3v) is 6.47. The molecular weight excluding hydrogens is 424 g/mol. The molecular formula is C25H28N2O4S. The SMILES string of the molecule is COc1cc(/C=N/NS(=O)(=O)c2ccc(C)c(C)c2)ccc1OCc1cc(C)ccc1C. The highest BCUT2D eigenvalue weighted by molar-refractivity contribution is 7.89. The van der Waals surface area contributed by atoms with E-state index in [0.717, 1.165) is 22.3 Å². The van der Waals surface area contributed by atoms with Crippen molar-refractivity contribution < 1.29 is 17.9 Å². The van der Waals surface area contributed by atoms with Gasteiger partial charge in [-0.1, -0.05) is 29.8 Å². The fourth-order valence-corrected chi connectivity index (χ4v) is 3.98. The summed E-state index contributed by atoms with van der Waals surface area (Å²) in [7, 11) is -2.19. The van der Waals surface area contributed by atoms with Crippen LogP contribution in [-0.2, 0) is 16.6 Å². The standard InChI is InChI=1S/C25H28N2O4S/c1-17-6-7-19(3)22(12-17)16-31-24-11-9-21(14-25(24)30-5)15-26-27-32(28,29)23-10-8-18(2)20(4)13-23/h6-15,27H,16H2,1-5H3/b26-15+. The molecule has 6 nitrogen and oxygen atoms in total. The maximum absolute atomic E-state index is 12.5. The van der Waals surface area contributed by atoms with Crippen molar-refractivity contribution in [2.75, 3.05) is 7.11 Å². The Morgan fingerprint density at radius 3 is 2.34 bits per heavy atom. The first-order valence-corrected chi connectivity index (χ1v) is 11.7. The van der Waals surface area contributed by atoms with Crippen molar-refractivity contribution in [1.82, 2.24) is 4.83 Å². The predicted octanol–water partition coefficient (Wildman–Crippen LogP) is 4.82. The van der Waals surface area contributed by atoms with Gasteiger partial charge < -0.3 is 9.47 Å². The second-order valence-corrected chi connectivity index (χ2v) is 9.39. The average molecular weight is 453 g/mol. The quantitative estimate of drug-likeness (QED) is 0.393. The van der Waals surface area contributed by atoms with Gasteiger partial charge in [0.2, 0.25) is 0 Å². The number of benzene rings is 3. The molecule has 0 saturated heterocycles. The molecule has 32 heavy (non-hydrogen) atoms. The van der Waals surface area contributed by atoms with Crippen LogP contribution in [0.2, 0.25) is 0 Å². The number of sulfonamides is 1. The summed E-state index contributed by atoms with van der Waals surface area (Å²) in [5.41, 5.74) is 6.05. The van der Waals surface area contributed by atoms with Gasteiger partial charge in [0.15, 0.2) is 11.5 Å². The Bertz CT molecular complexity index is 1250. The molecule has 0 aromatic heterocycles. The van der Waals surface area contributed by atoms with E-state index in [9.17, 15) is 8.42 Å². The minimum Gasteiger partial charge on any atom is -0.493 e. The summed E-state index contributed by atoms with van der Waals surface area (Å²) in [4.78, 5) is 2.42. The van der Waals surface area contributed by atoms with Crippen LogP contribution in [0.3, 0.4) is 0 Å². The third kappa shape index (κ3) is 5.68. The van der Waals surface area contributed by atoms with Gasteiger partial charge in [-0.25, -0.2) is 4.83 Å². The van der Waals surface area contributed by atoms with Gasteiger partial charge in [-0.2, -0.15) is 13.5 Å². The molecule has 0 aliphatic heterocycles. The normalized spacial score (nSPS) is 11.5. The van der Waals surface area contributed by atoms with Crippen LogP contribution in [0, 0.1) is 27.7 Å². The molecule has 0 heterocycles. The Morgan fingerprint density at radius 2 is 1.62 bits per heavy atom. The largest absolute Gasteiger partial charge is 0.493 e. The summed E-state index contributed by atoms with van der Waals surface area (Å²) >= 11 is 0. The van der Waals surface area contributed by atoms with E-state index in [4.69, 9.17) is 9.47 Å². The summed E-state index contributed by atoms with van der Waals surface area (Å²) in [6, 6.07) is 16.5. The number of hydrogen-bond acceptors (Lipinski definition) is 5. The van der Waals surface area contributed by atoms with Gasteiger partial charge in [-0.05, 0) is 85.8 Å². The highest BCUT2D eigenvalue weighted by Crippen LogP contribution is 2.29. The molecule has 0 spiro atoms. The highest BCUT2D eigenvalue weighted by atomic mass is 32.2. The second kappa shape index (κ2) is 9.87. The minimum atomic E-state index is -3.74. The van der Waals surface area contributed by atoms with E-state index in [1.165, 1.54) is 11.8 Å². The van der Waals surface area contributed by atoms with Gasteiger partial charge >= 0.3 is 0 Å². The highest BCUT2D eigenvalue weighted by Gasteiger charge is 2.13. The van der Waals surface area contributed by atoms with Crippen molar-refractivity contribution >= 4 is 16.2 Å². The smallest absolute Gasteiger partial charge is 0.276 e. The van der Waals surface area contributed by atoms with Crippen molar-refractivity contribution in [3.8, 4) is 11.5 Å². The van der Waals surface area contributed by atoms with Gasteiger partial charge in [0.05, 0.1) is 18.2 Å². The molecule has 0 unspecified atom stereocenters. The van der Waals surface area contributed by atoms with Gasteiger partial charge in [0, 0.05) is 0 Å². The zero-order valence-electron chi connectivity index (χ0n) is 19.0. The molecule has 0 saturated carbocycles. The lowest BCUT2D eigenvalue weighted by molar-refractivity contribution is 0.284. The number of nitrogens with one attached hydrogen (secondary N) is 1. The van der Waals surface area contributed by atoms with Gasteiger partial charge in [0.25, 0.3) is 10.0 Å². The molecule has 0 atom stereocenters. The second-order valence-electron chi connectivity index (χ2n) is 7.73. The van der Waals surface area contributed by atoms with Crippen LogP contribution < -0.4 is 14.3 Å². The fourth-order valence-electron chi connectivity index (χ4n) is 3.10. The Morgan fingerprint density at radius 1 is 0.875 bits per heavy atom. The van der Waals surface area contributed by atoms with E-state index in [-0.39, 0.29) is 4.90 Å². The Kier molecular flexibility index (Phi) is 7.20. The third-order valence-electron chi connectivity index (χ3n) is 5.25. The molecule has 0 amide bonds. The van der Waals surface area contributed by atoms with Crippen molar-refractivity contribution in [3.05, 3.63) is 88.0 Å². The Labute approximate surface area is 190 Å². The zero-order valence-corrected chi connectivity index (χ0v) is 19.8. The van der Waals surface area contributed by atoms with E-state index in [1.807, 2.05) is 27.7 Å². The summed E-state index contributed by atoms with van der Waals surface area (Å²) < 4.78 is 36.3. The lowest BCUT2D eigenvalue weighted by atomic mass is 10.1. The number of hydrogen-bond donors (Lipinski definition) is 1. The topological polar surface area (TPSA) is 77.0 Å². The molecule has 0 bridgehead atoms. The number of hydrazone groups is 1. The first kappa shape index (κ1) is 23.3. The molecule has 168 valence electrons. The van der Waals surface area contributed by atoms with Crippen LogP contribution in [0.25, 0.3) is 0 Å². The summed E-state index contributed by atoms with van der Waals surface area (Å²) in [6.45, 7) is 8.32. The molecule has 0 radical (unpaired) electrons. The minimum absolute atomic E-state index is 0.172. The monoisotopic (exact) mass is 452 g/mol. The van der Waals surface area contributed by atoms with Crippen molar-refractivity contribution in [2.24, 2.45) is 5.10 Å². The van der Waals surface area contributed by atoms with Crippen LogP contribution in [0.4, 0.5) is 0 Å². The van der Waals surface area contributed by atoms with Crippen molar-refractivity contribution in [2.45, 2.75) is 39.2 Å². The van der Waals surface area contributed by atoms with Gasteiger partial charge in [0.1, 0.15) is 6.61 Å². The Balaban J connectivity index is 1.70. The maximum atomic E-state index is 12.5. The van der Waals surface area contributed by atoms with Crippen LogP contribution >= 0.6 is 0 Å². The molecule has 1 N–H and O–H groups in total. The van der Waals surface area contributed by atoms with Gasteiger partial charge in [-0.15, -0.1) is 0 Å². The molecule has 3 aromatic carbocycles. The molecule has 0 aliphatic carbocycles. The number of nitrogens with zero attached hydrogens (tertiary/aromatic N) is 1. The van der Waals surface area contributed by atoms with Crippen LogP contribution in [-0.4, -0.2) is 21.7 Å². The van der Waals surface area contributed by atoms with Crippen molar-refractivity contribution in [3.63, 3.8) is 0 Å². The number of aryl methyl sites for hydroxylation is 4. The van der Waals surface area contributed by atoms with Gasteiger partial charge in [-0.3, -0.25) is 0 Å². The Hall–Kier alpha value is -3.32. The first-order chi connectivity index (χ1) is 15.2. The maximum Gasteiger partial charge on any atom is 0.276 e. The van der Waals surface area contributed by atoms with E-state index >= 15 is 0 Å². The predicted molar refractivity (Wildman–Crippen MR) is 127 cm³/mol. The molecule has 0 aliphatic rings. The summed E-state index contributed by atoms with van der Waals surface area (Å²) in [5.74, 6) is 1.14.